The molecule has 8 nitrogen and oxygen atoms in total. The van der Waals surface area contributed by atoms with Crippen molar-refractivity contribution in [1.29, 1.82) is 0 Å². The lowest BCUT2D eigenvalue weighted by Gasteiger charge is -2.34. The summed E-state index contributed by atoms with van der Waals surface area (Å²) in [5, 5.41) is 4.03. The number of aryl methyl sites for hydroxylation is 1. The molecule has 1 aliphatic rings. The third kappa shape index (κ3) is 6.37. The van der Waals surface area contributed by atoms with Crippen LogP contribution in [0.2, 0.25) is 0 Å². The molecule has 0 saturated carbocycles. The zero-order valence-corrected chi connectivity index (χ0v) is 18.7. The van der Waals surface area contributed by atoms with Crippen molar-refractivity contribution >= 4 is 15.7 Å². The lowest BCUT2D eigenvalue weighted by Crippen LogP contribution is -2.49. The van der Waals surface area contributed by atoms with Gasteiger partial charge < -0.3 is 9.42 Å². The van der Waals surface area contributed by atoms with Gasteiger partial charge in [-0.25, -0.2) is 8.42 Å². The third-order valence-corrected chi connectivity index (χ3v) is 6.28. The van der Waals surface area contributed by atoms with Crippen molar-refractivity contribution in [3.63, 3.8) is 0 Å². The quantitative estimate of drug-likeness (QED) is 0.627. The minimum atomic E-state index is -2.96. The Kier molecular flexibility index (Phi) is 7.25. The van der Waals surface area contributed by atoms with E-state index in [-0.39, 0.29) is 11.7 Å². The van der Waals surface area contributed by atoms with Crippen molar-refractivity contribution in [3.05, 3.63) is 35.7 Å². The van der Waals surface area contributed by atoms with Gasteiger partial charge in [0.15, 0.2) is 0 Å². The average molecular weight is 435 g/mol. The number of rotatable bonds is 8. The number of aromatic nitrogens is 2. The van der Waals surface area contributed by atoms with Crippen LogP contribution in [0.3, 0.4) is 0 Å². The van der Waals surface area contributed by atoms with Gasteiger partial charge in [0.2, 0.25) is 17.6 Å². The molecule has 30 heavy (non-hydrogen) atoms. The highest BCUT2D eigenvalue weighted by Gasteiger charge is 2.22. The summed E-state index contributed by atoms with van der Waals surface area (Å²) in [5.74, 6) is 1.66. The van der Waals surface area contributed by atoms with E-state index in [1.165, 1.54) is 11.8 Å². The van der Waals surface area contributed by atoms with Crippen LogP contribution in [0.25, 0.3) is 11.4 Å². The Balaban J connectivity index is 1.45. The molecule has 1 aliphatic heterocycles. The number of hydrogen-bond donors (Lipinski definition) is 0. The van der Waals surface area contributed by atoms with E-state index in [0.29, 0.717) is 63.2 Å². The number of hydrogen-bond acceptors (Lipinski definition) is 7. The molecule has 1 saturated heterocycles. The summed E-state index contributed by atoms with van der Waals surface area (Å²) in [6.45, 7) is 7.42. The summed E-state index contributed by atoms with van der Waals surface area (Å²) in [5.41, 5.74) is 2.15. The van der Waals surface area contributed by atoms with Crippen molar-refractivity contribution in [2.45, 2.75) is 32.6 Å². The molecule has 3 rings (SSSR count). The molecule has 0 aliphatic carbocycles. The molecular weight excluding hydrogens is 404 g/mol. The first-order chi connectivity index (χ1) is 14.2. The van der Waals surface area contributed by atoms with Crippen LogP contribution < -0.4 is 0 Å². The summed E-state index contributed by atoms with van der Waals surface area (Å²) in [6.07, 6.45) is 1.97. The first kappa shape index (κ1) is 22.4. The van der Waals surface area contributed by atoms with Gasteiger partial charge in [-0.15, -0.1) is 0 Å². The molecule has 1 aromatic carbocycles. The summed E-state index contributed by atoms with van der Waals surface area (Å²) in [7, 11) is -2.96. The van der Waals surface area contributed by atoms with Crippen LogP contribution in [0, 0.1) is 0 Å². The summed E-state index contributed by atoms with van der Waals surface area (Å²) in [4.78, 5) is 20.8. The van der Waals surface area contributed by atoms with Crippen LogP contribution >= 0.6 is 0 Å². The molecule has 0 spiro atoms. The summed E-state index contributed by atoms with van der Waals surface area (Å²) < 4.78 is 27.9. The van der Waals surface area contributed by atoms with Crippen molar-refractivity contribution in [1.82, 2.24) is 19.9 Å². The molecule has 0 N–H and O–H groups in total. The van der Waals surface area contributed by atoms with E-state index in [2.05, 4.69) is 41.0 Å². The van der Waals surface area contributed by atoms with Gasteiger partial charge in [0.1, 0.15) is 9.84 Å². The molecule has 0 unspecified atom stereocenters. The normalized spacial score (nSPS) is 15.7. The Bertz CT molecular complexity index is 946. The van der Waals surface area contributed by atoms with Crippen LogP contribution in [-0.4, -0.2) is 79.0 Å². The first-order valence-corrected chi connectivity index (χ1v) is 12.4. The fourth-order valence-corrected chi connectivity index (χ4v) is 3.97. The predicted octanol–water partition coefficient (Wildman–Crippen LogP) is 1.98. The van der Waals surface area contributed by atoms with Gasteiger partial charge >= 0.3 is 0 Å². The smallest absolute Gasteiger partial charge is 0.227 e. The molecule has 2 heterocycles. The van der Waals surface area contributed by atoms with Crippen molar-refractivity contribution in [3.8, 4) is 11.4 Å². The number of sulfone groups is 1. The van der Waals surface area contributed by atoms with E-state index < -0.39 is 9.84 Å². The Labute approximate surface area is 178 Å². The van der Waals surface area contributed by atoms with Crippen LogP contribution in [0.15, 0.2) is 28.8 Å². The molecule has 0 bridgehead atoms. The van der Waals surface area contributed by atoms with E-state index in [4.69, 9.17) is 4.52 Å². The number of amides is 1. The van der Waals surface area contributed by atoms with Gasteiger partial charge in [0, 0.05) is 57.4 Å². The van der Waals surface area contributed by atoms with Gasteiger partial charge in [-0.2, -0.15) is 4.98 Å². The molecule has 1 amide bonds. The lowest BCUT2D eigenvalue weighted by molar-refractivity contribution is -0.132. The maximum atomic E-state index is 12.5. The number of carbonyl (C=O) groups is 1. The predicted molar refractivity (Wildman–Crippen MR) is 115 cm³/mol. The molecule has 164 valence electrons. The zero-order chi connectivity index (χ0) is 21.7. The van der Waals surface area contributed by atoms with Crippen molar-refractivity contribution in [2.24, 2.45) is 0 Å². The van der Waals surface area contributed by atoms with E-state index in [1.807, 2.05) is 17.0 Å². The highest BCUT2D eigenvalue weighted by molar-refractivity contribution is 7.90. The number of piperazine rings is 1. The molecule has 1 aromatic heterocycles. The van der Waals surface area contributed by atoms with Crippen LogP contribution in [-0.2, 0) is 21.1 Å². The van der Waals surface area contributed by atoms with Gasteiger partial charge in [-0.3, -0.25) is 9.69 Å². The first-order valence-electron chi connectivity index (χ1n) is 10.3. The molecule has 0 radical (unpaired) electrons. The molecular formula is C21H30N4O4S. The lowest BCUT2D eigenvalue weighted by atomic mass is 10.0. The molecule has 0 atom stereocenters. The van der Waals surface area contributed by atoms with Crippen molar-refractivity contribution in [2.75, 3.05) is 44.7 Å². The maximum Gasteiger partial charge on any atom is 0.227 e. The van der Waals surface area contributed by atoms with Crippen molar-refractivity contribution < 1.29 is 17.7 Å². The Morgan fingerprint density at radius 3 is 2.40 bits per heavy atom. The molecule has 1 fully saturated rings. The fourth-order valence-electron chi connectivity index (χ4n) is 3.38. The van der Waals surface area contributed by atoms with E-state index in [9.17, 15) is 13.2 Å². The van der Waals surface area contributed by atoms with E-state index >= 15 is 0 Å². The number of carbonyl (C=O) groups excluding carboxylic acids is 1. The standard InChI is InChI=1S/C21H30N4O4S/c1-16(2)17-4-6-18(7-5-17)21-22-19(29-23-21)8-9-20(26)25-12-10-24(11-13-25)14-15-30(3,27)28/h4-7,16H,8-15H2,1-3H3. The van der Waals surface area contributed by atoms with Crippen LogP contribution in [0.1, 0.15) is 37.6 Å². The SMILES string of the molecule is CC(C)c1ccc(-c2noc(CCC(=O)N3CCN(CCS(C)(=O)=O)CC3)n2)cc1. The van der Waals surface area contributed by atoms with E-state index in [0.717, 1.165) is 5.56 Å². The second-order valence-electron chi connectivity index (χ2n) is 8.14. The van der Waals surface area contributed by atoms with Gasteiger partial charge in [0.05, 0.1) is 5.75 Å². The third-order valence-electron chi connectivity index (χ3n) is 5.36. The Morgan fingerprint density at radius 2 is 1.80 bits per heavy atom. The number of benzene rings is 1. The summed E-state index contributed by atoms with van der Waals surface area (Å²) in [6, 6.07) is 8.10. The Morgan fingerprint density at radius 1 is 1.13 bits per heavy atom. The minimum absolute atomic E-state index is 0.0544. The second kappa shape index (κ2) is 9.70. The van der Waals surface area contributed by atoms with Crippen LogP contribution in [0.5, 0.6) is 0 Å². The molecule has 9 heteroatoms. The zero-order valence-electron chi connectivity index (χ0n) is 17.9. The van der Waals surface area contributed by atoms with Gasteiger partial charge in [-0.05, 0) is 11.5 Å². The molecule has 2 aromatic rings. The summed E-state index contributed by atoms with van der Waals surface area (Å²) >= 11 is 0. The maximum absolute atomic E-state index is 12.5. The van der Waals surface area contributed by atoms with Gasteiger partial charge in [0.25, 0.3) is 0 Å². The van der Waals surface area contributed by atoms with E-state index in [1.54, 1.807) is 0 Å². The second-order valence-corrected chi connectivity index (χ2v) is 10.4. The number of nitrogens with zero attached hydrogens (tertiary/aromatic N) is 4. The topological polar surface area (TPSA) is 96.6 Å². The monoisotopic (exact) mass is 434 g/mol. The largest absolute Gasteiger partial charge is 0.340 e. The van der Waals surface area contributed by atoms with Gasteiger partial charge in [-0.1, -0.05) is 43.3 Å². The highest BCUT2D eigenvalue weighted by atomic mass is 32.2. The average Bonchev–Trinajstić information content (AvgIpc) is 3.19. The highest BCUT2D eigenvalue weighted by Crippen LogP contribution is 2.21. The van der Waals surface area contributed by atoms with Crippen LogP contribution in [0.4, 0.5) is 0 Å². The Hall–Kier alpha value is -2.26. The minimum Gasteiger partial charge on any atom is -0.340 e. The fraction of sp³-hybridized carbons (Fsp3) is 0.571.